The molecule has 2 N–H and O–H groups in total. The molecule has 0 saturated heterocycles. The SMILES string of the molecule is CC(C)(C)OC=O.CC(C)C1CCCCC1N. The molecule has 0 radical (unpaired) electrons. The van der Waals surface area contributed by atoms with E-state index in [9.17, 15) is 4.79 Å². The maximum atomic E-state index is 9.60. The van der Waals surface area contributed by atoms with E-state index in [4.69, 9.17) is 5.73 Å². The van der Waals surface area contributed by atoms with E-state index in [1.54, 1.807) is 0 Å². The molecule has 1 saturated carbocycles. The Balaban J connectivity index is 0.000000325. The second kappa shape index (κ2) is 7.70. The van der Waals surface area contributed by atoms with Crippen molar-refractivity contribution in [1.29, 1.82) is 0 Å². The van der Waals surface area contributed by atoms with E-state index >= 15 is 0 Å². The third-order valence-corrected chi connectivity index (χ3v) is 3.13. The van der Waals surface area contributed by atoms with Gasteiger partial charge in [0.05, 0.1) is 0 Å². The molecule has 0 amide bonds. The van der Waals surface area contributed by atoms with Gasteiger partial charge < -0.3 is 10.5 Å². The lowest BCUT2D eigenvalue weighted by molar-refractivity contribution is -0.138. The van der Waals surface area contributed by atoms with Crippen LogP contribution in [0.5, 0.6) is 0 Å². The summed E-state index contributed by atoms with van der Waals surface area (Å²) in [5, 5.41) is 0. The molecular weight excluding hydrogens is 214 g/mol. The molecule has 2 atom stereocenters. The predicted octanol–water partition coefficient (Wildman–Crippen LogP) is 3.12. The number of hydrogen-bond acceptors (Lipinski definition) is 3. The van der Waals surface area contributed by atoms with Crippen molar-refractivity contribution in [2.45, 2.75) is 71.9 Å². The molecule has 1 aliphatic rings. The lowest BCUT2D eigenvalue weighted by atomic mass is 9.78. The maximum absolute atomic E-state index is 9.60. The summed E-state index contributed by atoms with van der Waals surface area (Å²) in [7, 11) is 0. The van der Waals surface area contributed by atoms with Crippen LogP contribution in [0.25, 0.3) is 0 Å². The Kier molecular flexibility index (Phi) is 7.44. The van der Waals surface area contributed by atoms with E-state index in [0.717, 1.165) is 11.8 Å². The lowest BCUT2D eigenvalue weighted by Crippen LogP contribution is -2.35. The van der Waals surface area contributed by atoms with Crippen molar-refractivity contribution in [2.75, 3.05) is 0 Å². The predicted molar refractivity (Wildman–Crippen MR) is 71.7 cm³/mol. The topological polar surface area (TPSA) is 52.3 Å². The molecule has 3 heteroatoms. The fraction of sp³-hybridized carbons (Fsp3) is 0.929. The lowest BCUT2D eigenvalue weighted by Gasteiger charge is -2.31. The van der Waals surface area contributed by atoms with Crippen molar-refractivity contribution in [1.82, 2.24) is 0 Å². The average molecular weight is 243 g/mol. The van der Waals surface area contributed by atoms with Crippen molar-refractivity contribution >= 4 is 6.47 Å². The first-order valence-corrected chi connectivity index (χ1v) is 6.65. The minimum atomic E-state index is -0.318. The Morgan fingerprint density at radius 1 is 1.24 bits per heavy atom. The Labute approximate surface area is 106 Å². The second-order valence-corrected chi connectivity index (χ2v) is 6.18. The fourth-order valence-electron chi connectivity index (χ4n) is 2.16. The van der Waals surface area contributed by atoms with E-state index in [2.05, 4.69) is 18.6 Å². The van der Waals surface area contributed by atoms with Crippen molar-refractivity contribution < 1.29 is 9.53 Å². The van der Waals surface area contributed by atoms with Gasteiger partial charge in [-0.1, -0.05) is 26.7 Å². The van der Waals surface area contributed by atoms with Gasteiger partial charge in [-0.3, -0.25) is 4.79 Å². The van der Waals surface area contributed by atoms with Crippen LogP contribution in [-0.2, 0) is 9.53 Å². The molecular formula is C14H29NO2. The average Bonchev–Trinajstić information content (AvgIpc) is 2.16. The molecule has 0 bridgehead atoms. The minimum absolute atomic E-state index is 0.318. The molecule has 1 fully saturated rings. The van der Waals surface area contributed by atoms with Gasteiger partial charge in [-0.15, -0.1) is 0 Å². The molecule has 0 heterocycles. The zero-order chi connectivity index (χ0) is 13.5. The minimum Gasteiger partial charge on any atom is -0.462 e. The molecule has 3 nitrogen and oxygen atoms in total. The molecule has 1 aliphatic carbocycles. The number of carbonyl (C=O) groups excluding carboxylic acids is 1. The summed E-state index contributed by atoms with van der Waals surface area (Å²) in [5.41, 5.74) is 5.66. The summed E-state index contributed by atoms with van der Waals surface area (Å²) < 4.78 is 4.55. The standard InChI is InChI=1S/C9H19N.C5H10O2/c1-7(2)8-5-3-4-6-9(8)10;1-5(2,3)7-4-6/h7-9H,3-6,10H2,1-2H3;4H,1-3H3. The summed E-state index contributed by atoms with van der Waals surface area (Å²) in [6.45, 7) is 10.5. The summed E-state index contributed by atoms with van der Waals surface area (Å²) in [6.07, 6.45) is 5.36. The largest absolute Gasteiger partial charge is 0.462 e. The molecule has 0 aromatic heterocycles. The third-order valence-electron chi connectivity index (χ3n) is 3.13. The van der Waals surface area contributed by atoms with Gasteiger partial charge >= 0.3 is 0 Å². The number of hydrogen-bond donors (Lipinski definition) is 1. The first-order valence-electron chi connectivity index (χ1n) is 6.65. The smallest absolute Gasteiger partial charge is 0.293 e. The van der Waals surface area contributed by atoms with Gasteiger partial charge in [-0.2, -0.15) is 0 Å². The van der Waals surface area contributed by atoms with E-state index in [0.29, 0.717) is 12.5 Å². The molecule has 1 rings (SSSR count). The summed E-state index contributed by atoms with van der Waals surface area (Å²) >= 11 is 0. The molecule has 0 aromatic carbocycles. The van der Waals surface area contributed by atoms with E-state index in [1.807, 2.05) is 20.8 Å². The van der Waals surface area contributed by atoms with Crippen molar-refractivity contribution in [2.24, 2.45) is 17.6 Å². The van der Waals surface area contributed by atoms with Gasteiger partial charge in [0.1, 0.15) is 5.60 Å². The summed E-state index contributed by atoms with van der Waals surface area (Å²) in [6, 6.07) is 0.494. The van der Waals surface area contributed by atoms with E-state index < -0.39 is 0 Å². The molecule has 0 spiro atoms. The van der Waals surface area contributed by atoms with Gasteiger partial charge in [-0.05, 0) is 45.4 Å². The highest BCUT2D eigenvalue weighted by atomic mass is 16.5. The van der Waals surface area contributed by atoms with Gasteiger partial charge in [0.25, 0.3) is 6.47 Å². The van der Waals surface area contributed by atoms with Crippen LogP contribution >= 0.6 is 0 Å². The van der Waals surface area contributed by atoms with Crippen molar-refractivity contribution in [3.8, 4) is 0 Å². The maximum Gasteiger partial charge on any atom is 0.293 e. The Bertz CT molecular complexity index is 209. The highest BCUT2D eigenvalue weighted by Crippen LogP contribution is 2.28. The zero-order valence-corrected chi connectivity index (χ0v) is 12.0. The Morgan fingerprint density at radius 3 is 2.00 bits per heavy atom. The van der Waals surface area contributed by atoms with E-state index in [-0.39, 0.29) is 5.60 Å². The van der Waals surface area contributed by atoms with Crippen LogP contribution in [0, 0.1) is 11.8 Å². The highest BCUT2D eigenvalue weighted by molar-refractivity contribution is 5.37. The van der Waals surface area contributed by atoms with Gasteiger partial charge in [0, 0.05) is 6.04 Å². The number of rotatable bonds is 2. The summed E-state index contributed by atoms with van der Waals surface area (Å²) in [4.78, 5) is 9.60. The number of ether oxygens (including phenoxy) is 1. The van der Waals surface area contributed by atoms with Gasteiger partial charge in [0.2, 0.25) is 0 Å². The van der Waals surface area contributed by atoms with Crippen LogP contribution in [0.2, 0.25) is 0 Å². The first-order chi connectivity index (χ1) is 7.78. The van der Waals surface area contributed by atoms with Crippen LogP contribution in [0.4, 0.5) is 0 Å². The van der Waals surface area contributed by atoms with Gasteiger partial charge in [0.15, 0.2) is 0 Å². The Morgan fingerprint density at radius 2 is 1.76 bits per heavy atom. The van der Waals surface area contributed by atoms with Crippen LogP contribution in [-0.4, -0.2) is 18.1 Å². The molecule has 0 aliphatic heterocycles. The van der Waals surface area contributed by atoms with Crippen LogP contribution < -0.4 is 5.73 Å². The van der Waals surface area contributed by atoms with Crippen LogP contribution in [0.15, 0.2) is 0 Å². The Hall–Kier alpha value is -0.570. The van der Waals surface area contributed by atoms with Crippen molar-refractivity contribution in [3.63, 3.8) is 0 Å². The third kappa shape index (κ3) is 8.19. The molecule has 102 valence electrons. The number of nitrogens with two attached hydrogens (primary N) is 1. The molecule has 2 unspecified atom stereocenters. The first kappa shape index (κ1) is 16.4. The van der Waals surface area contributed by atoms with Crippen LogP contribution in [0.3, 0.4) is 0 Å². The van der Waals surface area contributed by atoms with Gasteiger partial charge in [-0.25, -0.2) is 0 Å². The molecule has 17 heavy (non-hydrogen) atoms. The second-order valence-electron chi connectivity index (χ2n) is 6.18. The fourth-order valence-corrected chi connectivity index (χ4v) is 2.16. The van der Waals surface area contributed by atoms with Crippen LogP contribution in [0.1, 0.15) is 60.3 Å². The van der Waals surface area contributed by atoms with E-state index in [1.165, 1.54) is 25.7 Å². The normalized spacial score (nSPS) is 24.9. The summed E-state index contributed by atoms with van der Waals surface area (Å²) in [5.74, 6) is 1.59. The zero-order valence-electron chi connectivity index (χ0n) is 12.0. The highest BCUT2D eigenvalue weighted by Gasteiger charge is 2.23. The molecule has 0 aromatic rings. The quantitative estimate of drug-likeness (QED) is 0.758. The number of carbonyl (C=O) groups is 1. The monoisotopic (exact) mass is 243 g/mol. The van der Waals surface area contributed by atoms with Crippen molar-refractivity contribution in [3.05, 3.63) is 0 Å².